The van der Waals surface area contributed by atoms with E-state index in [2.05, 4.69) is 48.5 Å². The smallest absolute Gasteiger partial charge is 0.305 e. The molecule has 3 rings (SSSR count). The van der Waals surface area contributed by atoms with Gasteiger partial charge in [0.2, 0.25) is 0 Å². The van der Waals surface area contributed by atoms with Gasteiger partial charge >= 0.3 is 5.97 Å². The number of fused-ring (bicyclic) bond motifs is 1. The van der Waals surface area contributed by atoms with Crippen LogP contribution in [0.5, 0.6) is 0 Å². The summed E-state index contributed by atoms with van der Waals surface area (Å²) in [5.41, 5.74) is 8.07. The standard InChI is InChI=1S/C23H29N3O2/c1-5-19-11-12-21-23(18-13-16(3)14-24-15-18)20(17(4)25-26(19)21)9-7-8-10-22(27)28-6-2/h11-15H,5-10H2,1-4H3. The zero-order chi connectivity index (χ0) is 20.1. The molecule has 0 aromatic carbocycles. The first kappa shape index (κ1) is 20.1. The van der Waals surface area contributed by atoms with Crippen molar-refractivity contribution in [3.63, 3.8) is 0 Å². The molecule has 148 valence electrons. The molecule has 0 aliphatic carbocycles. The lowest BCUT2D eigenvalue weighted by molar-refractivity contribution is -0.143. The van der Waals surface area contributed by atoms with Crippen LogP contribution in [-0.4, -0.2) is 27.2 Å². The van der Waals surface area contributed by atoms with Gasteiger partial charge in [-0.2, -0.15) is 5.10 Å². The normalized spacial score (nSPS) is 11.1. The summed E-state index contributed by atoms with van der Waals surface area (Å²) in [4.78, 5) is 16.0. The lowest BCUT2D eigenvalue weighted by Gasteiger charge is -2.16. The van der Waals surface area contributed by atoms with Crippen LogP contribution in [0.1, 0.15) is 55.6 Å². The molecule has 0 N–H and O–H groups in total. The van der Waals surface area contributed by atoms with Gasteiger partial charge in [0.15, 0.2) is 0 Å². The maximum absolute atomic E-state index is 11.6. The van der Waals surface area contributed by atoms with Crippen molar-refractivity contribution in [2.45, 2.75) is 59.8 Å². The molecule has 28 heavy (non-hydrogen) atoms. The third kappa shape index (κ3) is 4.24. The highest BCUT2D eigenvalue weighted by molar-refractivity contribution is 5.83. The van der Waals surface area contributed by atoms with Crippen LogP contribution >= 0.6 is 0 Å². The van der Waals surface area contributed by atoms with E-state index < -0.39 is 0 Å². The molecule has 0 aliphatic rings. The van der Waals surface area contributed by atoms with E-state index in [-0.39, 0.29) is 5.97 Å². The number of aryl methyl sites for hydroxylation is 3. The Morgan fingerprint density at radius 1 is 1.14 bits per heavy atom. The van der Waals surface area contributed by atoms with Crippen molar-refractivity contribution in [3.05, 3.63) is 53.1 Å². The maximum Gasteiger partial charge on any atom is 0.305 e. The first-order chi connectivity index (χ1) is 13.5. The monoisotopic (exact) mass is 379 g/mol. The number of unbranched alkanes of at least 4 members (excludes halogenated alkanes) is 1. The molecular weight excluding hydrogens is 350 g/mol. The number of nitrogens with zero attached hydrogens (tertiary/aromatic N) is 3. The number of pyridine rings is 1. The number of esters is 1. The molecule has 0 unspecified atom stereocenters. The molecule has 0 amide bonds. The average molecular weight is 380 g/mol. The third-order valence-electron chi connectivity index (χ3n) is 5.07. The lowest BCUT2D eigenvalue weighted by Crippen LogP contribution is -2.07. The second-order valence-electron chi connectivity index (χ2n) is 7.18. The highest BCUT2D eigenvalue weighted by Gasteiger charge is 2.17. The van der Waals surface area contributed by atoms with Crippen molar-refractivity contribution >= 4 is 11.5 Å². The van der Waals surface area contributed by atoms with E-state index in [1.165, 1.54) is 16.8 Å². The van der Waals surface area contributed by atoms with E-state index in [0.29, 0.717) is 13.0 Å². The van der Waals surface area contributed by atoms with Crippen LogP contribution in [-0.2, 0) is 22.4 Å². The Balaban J connectivity index is 1.97. The van der Waals surface area contributed by atoms with Crippen LogP contribution < -0.4 is 0 Å². The molecule has 3 aromatic rings. The quantitative estimate of drug-likeness (QED) is 0.415. The first-order valence-corrected chi connectivity index (χ1v) is 10.1. The fourth-order valence-electron chi connectivity index (χ4n) is 3.72. The number of ether oxygens (including phenoxy) is 1. The predicted molar refractivity (Wildman–Crippen MR) is 111 cm³/mol. The van der Waals surface area contributed by atoms with Crippen LogP contribution in [0.2, 0.25) is 0 Å². The number of carbonyl (C=O) groups excluding carboxylic acids is 1. The van der Waals surface area contributed by atoms with Gasteiger partial charge in [-0.05, 0) is 75.8 Å². The highest BCUT2D eigenvalue weighted by atomic mass is 16.5. The van der Waals surface area contributed by atoms with Crippen LogP contribution in [0.4, 0.5) is 0 Å². The van der Waals surface area contributed by atoms with Gasteiger partial charge in [-0.3, -0.25) is 9.78 Å². The maximum atomic E-state index is 11.6. The topological polar surface area (TPSA) is 56.5 Å². The summed E-state index contributed by atoms with van der Waals surface area (Å²) >= 11 is 0. The summed E-state index contributed by atoms with van der Waals surface area (Å²) in [5, 5.41) is 4.86. The fourth-order valence-corrected chi connectivity index (χ4v) is 3.72. The van der Waals surface area contributed by atoms with Crippen LogP contribution in [0.15, 0.2) is 30.6 Å². The summed E-state index contributed by atoms with van der Waals surface area (Å²) in [7, 11) is 0. The van der Waals surface area contributed by atoms with Gasteiger partial charge in [-0.25, -0.2) is 4.52 Å². The summed E-state index contributed by atoms with van der Waals surface area (Å²) < 4.78 is 7.10. The zero-order valence-electron chi connectivity index (χ0n) is 17.3. The second kappa shape index (κ2) is 9.00. The number of aromatic nitrogens is 3. The third-order valence-corrected chi connectivity index (χ3v) is 5.07. The Labute approximate surface area is 166 Å². The largest absolute Gasteiger partial charge is 0.466 e. The van der Waals surface area contributed by atoms with Gasteiger partial charge in [-0.15, -0.1) is 0 Å². The van der Waals surface area contributed by atoms with Crippen molar-refractivity contribution in [1.29, 1.82) is 0 Å². The number of rotatable bonds is 8. The van der Waals surface area contributed by atoms with E-state index in [0.717, 1.165) is 48.0 Å². The van der Waals surface area contributed by atoms with Gasteiger partial charge in [0.1, 0.15) is 0 Å². The summed E-state index contributed by atoms with van der Waals surface area (Å²) in [6.45, 7) is 8.57. The molecule has 3 aromatic heterocycles. The molecule has 0 bridgehead atoms. The van der Waals surface area contributed by atoms with E-state index in [9.17, 15) is 4.79 Å². The molecule has 0 fully saturated rings. The molecule has 0 aliphatic heterocycles. The number of carbonyl (C=O) groups is 1. The minimum Gasteiger partial charge on any atom is -0.466 e. The lowest BCUT2D eigenvalue weighted by atomic mass is 9.95. The van der Waals surface area contributed by atoms with Crippen LogP contribution in [0.25, 0.3) is 16.6 Å². The molecule has 0 atom stereocenters. The number of hydrogen-bond acceptors (Lipinski definition) is 4. The molecule has 0 saturated carbocycles. The summed E-state index contributed by atoms with van der Waals surface area (Å²) in [6.07, 6.45) is 7.83. The van der Waals surface area contributed by atoms with Crippen molar-refractivity contribution in [3.8, 4) is 11.1 Å². The molecular formula is C23H29N3O2. The summed E-state index contributed by atoms with van der Waals surface area (Å²) in [5.74, 6) is -0.116. The van der Waals surface area contributed by atoms with E-state index in [4.69, 9.17) is 9.84 Å². The Bertz CT molecular complexity index is 975. The van der Waals surface area contributed by atoms with E-state index in [1.807, 2.05) is 19.3 Å². The second-order valence-corrected chi connectivity index (χ2v) is 7.18. The Morgan fingerprint density at radius 3 is 2.68 bits per heavy atom. The van der Waals surface area contributed by atoms with Crippen molar-refractivity contribution in [2.75, 3.05) is 6.61 Å². The van der Waals surface area contributed by atoms with Gasteiger partial charge in [0.05, 0.1) is 17.8 Å². The fraction of sp³-hybridized carbons (Fsp3) is 0.435. The first-order valence-electron chi connectivity index (χ1n) is 10.1. The molecule has 0 saturated heterocycles. The summed E-state index contributed by atoms with van der Waals surface area (Å²) in [6, 6.07) is 6.49. The molecule has 5 heteroatoms. The minimum atomic E-state index is -0.116. The molecule has 0 radical (unpaired) electrons. The molecule has 5 nitrogen and oxygen atoms in total. The van der Waals surface area contributed by atoms with Crippen molar-refractivity contribution < 1.29 is 9.53 Å². The SMILES string of the molecule is CCOC(=O)CCCCc1c(C)nn2c(CC)ccc2c1-c1cncc(C)c1. The van der Waals surface area contributed by atoms with Gasteiger partial charge in [-0.1, -0.05) is 6.92 Å². The Kier molecular flexibility index (Phi) is 6.45. The van der Waals surface area contributed by atoms with Crippen LogP contribution in [0.3, 0.4) is 0 Å². The van der Waals surface area contributed by atoms with Gasteiger partial charge in [0.25, 0.3) is 0 Å². The van der Waals surface area contributed by atoms with Crippen molar-refractivity contribution in [2.24, 2.45) is 0 Å². The Hall–Kier alpha value is -2.69. The predicted octanol–water partition coefficient (Wildman–Crippen LogP) is 4.85. The highest BCUT2D eigenvalue weighted by Crippen LogP contribution is 2.32. The molecule has 3 heterocycles. The zero-order valence-corrected chi connectivity index (χ0v) is 17.3. The Morgan fingerprint density at radius 2 is 1.96 bits per heavy atom. The van der Waals surface area contributed by atoms with Gasteiger partial charge in [0, 0.05) is 35.6 Å². The van der Waals surface area contributed by atoms with Gasteiger partial charge < -0.3 is 4.74 Å². The number of hydrogen-bond donors (Lipinski definition) is 0. The minimum absolute atomic E-state index is 0.116. The molecule has 0 spiro atoms. The van der Waals surface area contributed by atoms with E-state index in [1.54, 1.807) is 0 Å². The van der Waals surface area contributed by atoms with Crippen LogP contribution in [0, 0.1) is 13.8 Å². The van der Waals surface area contributed by atoms with E-state index >= 15 is 0 Å². The van der Waals surface area contributed by atoms with Crippen molar-refractivity contribution in [1.82, 2.24) is 14.6 Å². The average Bonchev–Trinajstić information content (AvgIpc) is 3.07.